The molecular formula is C21H26N4O. The Kier molecular flexibility index (Phi) is 4.87. The fraction of sp³-hybridized carbons (Fsp3) is 0.476. The number of nitrogens with two attached hydrogens (primary N) is 1. The molecule has 1 amide bonds. The molecule has 0 bridgehead atoms. The summed E-state index contributed by atoms with van der Waals surface area (Å²) in [6.45, 7) is 1.65. The molecule has 1 aromatic heterocycles. The van der Waals surface area contributed by atoms with Crippen molar-refractivity contribution in [3.63, 3.8) is 0 Å². The Balaban J connectivity index is 1.38. The van der Waals surface area contributed by atoms with E-state index in [1.807, 2.05) is 4.90 Å². The van der Waals surface area contributed by atoms with Gasteiger partial charge in [-0.05, 0) is 61.1 Å². The van der Waals surface area contributed by atoms with Gasteiger partial charge in [-0.3, -0.25) is 9.78 Å². The third kappa shape index (κ3) is 3.71. The number of hydrogen-bond donors (Lipinski definition) is 1. The number of benzene rings is 1. The summed E-state index contributed by atoms with van der Waals surface area (Å²) in [4.78, 5) is 23.3. The van der Waals surface area contributed by atoms with Gasteiger partial charge in [-0.2, -0.15) is 0 Å². The molecule has 136 valence electrons. The highest BCUT2D eigenvalue weighted by Crippen LogP contribution is 2.25. The molecule has 2 aromatic rings. The van der Waals surface area contributed by atoms with E-state index in [1.54, 1.807) is 12.4 Å². The molecule has 1 aromatic carbocycles. The topological polar surface area (TPSA) is 72.1 Å². The fourth-order valence-corrected chi connectivity index (χ4v) is 4.29. The van der Waals surface area contributed by atoms with E-state index in [9.17, 15) is 4.79 Å². The standard InChI is InChI=1S/C21H26N4O/c22-21-19(23-8-9-24-21)12-16-3-2-10-25(14-16)20(26)13-15-6-7-17-4-1-5-18(17)11-15/h6-9,11,16H,1-5,10,12-14H2,(H2,22,24)/t16-/m1/s1. The number of nitrogens with zero attached hydrogens (tertiary/aromatic N) is 3. The van der Waals surface area contributed by atoms with Crippen LogP contribution in [0.5, 0.6) is 0 Å². The predicted molar refractivity (Wildman–Crippen MR) is 102 cm³/mol. The van der Waals surface area contributed by atoms with E-state index in [4.69, 9.17) is 5.73 Å². The molecule has 5 nitrogen and oxygen atoms in total. The summed E-state index contributed by atoms with van der Waals surface area (Å²) in [7, 11) is 0. The summed E-state index contributed by atoms with van der Waals surface area (Å²) < 4.78 is 0. The van der Waals surface area contributed by atoms with E-state index >= 15 is 0 Å². The van der Waals surface area contributed by atoms with Crippen LogP contribution in [0.4, 0.5) is 5.82 Å². The van der Waals surface area contributed by atoms with Crippen molar-refractivity contribution < 1.29 is 4.79 Å². The highest BCUT2D eigenvalue weighted by Gasteiger charge is 2.25. The monoisotopic (exact) mass is 350 g/mol. The fourth-order valence-electron chi connectivity index (χ4n) is 4.29. The molecule has 5 heteroatoms. The predicted octanol–water partition coefficient (Wildman–Crippen LogP) is 2.57. The van der Waals surface area contributed by atoms with E-state index in [-0.39, 0.29) is 5.91 Å². The molecule has 1 aliphatic heterocycles. The number of aryl methyl sites for hydroxylation is 2. The number of likely N-dealkylation sites (tertiary alicyclic amines) is 1. The number of carbonyl (C=O) groups excluding carboxylic acids is 1. The Morgan fingerprint density at radius 1 is 1.15 bits per heavy atom. The van der Waals surface area contributed by atoms with Crippen LogP contribution in [0.1, 0.15) is 41.6 Å². The van der Waals surface area contributed by atoms with Crippen molar-refractivity contribution in [3.8, 4) is 0 Å². The smallest absolute Gasteiger partial charge is 0.226 e. The third-order valence-corrected chi connectivity index (χ3v) is 5.68. The van der Waals surface area contributed by atoms with Gasteiger partial charge in [-0.1, -0.05) is 18.2 Å². The first-order valence-electron chi connectivity index (χ1n) is 9.63. The van der Waals surface area contributed by atoms with Crippen LogP contribution in [0.3, 0.4) is 0 Å². The highest BCUT2D eigenvalue weighted by molar-refractivity contribution is 5.79. The van der Waals surface area contributed by atoms with E-state index in [1.165, 1.54) is 24.0 Å². The maximum Gasteiger partial charge on any atom is 0.226 e. The van der Waals surface area contributed by atoms with Gasteiger partial charge in [0.25, 0.3) is 0 Å². The normalized spacial score (nSPS) is 19.4. The quantitative estimate of drug-likeness (QED) is 0.920. The Morgan fingerprint density at radius 2 is 2.00 bits per heavy atom. The highest BCUT2D eigenvalue weighted by atomic mass is 16.2. The van der Waals surface area contributed by atoms with Gasteiger partial charge in [-0.25, -0.2) is 4.98 Å². The average molecular weight is 350 g/mol. The zero-order valence-corrected chi connectivity index (χ0v) is 15.2. The van der Waals surface area contributed by atoms with Crippen LogP contribution in [0, 0.1) is 5.92 Å². The molecule has 0 spiro atoms. The first kappa shape index (κ1) is 17.0. The molecule has 26 heavy (non-hydrogen) atoms. The van der Waals surface area contributed by atoms with E-state index < -0.39 is 0 Å². The lowest BCUT2D eigenvalue weighted by atomic mass is 9.92. The summed E-state index contributed by atoms with van der Waals surface area (Å²) in [5, 5.41) is 0. The SMILES string of the molecule is Nc1nccnc1C[C@H]1CCCN(C(=O)Cc2ccc3c(c2)CCC3)C1. The van der Waals surface area contributed by atoms with Crippen LogP contribution in [-0.2, 0) is 30.5 Å². The largest absolute Gasteiger partial charge is 0.382 e. The van der Waals surface area contributed by atoms with Crippen molar-refractivity contribution in [2.45, 2.75) is 44.9 Å². The van der Waals surface area contributed by atoms with Crippen LogP contribution >= 0.6 is 0 Å². The van der Waals surface area contributed by atoms with Gasteiger partial charge >= 0.3 is 0 Å². The number of carbonyl (C=O) groups is 1. The lowest BCUT2D eigenvalue weighted by Crippen LogP contribution is -2.41. The number of rotatable bonds is 4. The minimum Gasteiger partial charge on any atom is -0.382 e. The summed E-state index contributed by atoms with van der Waals surface area (Å²) in [5.41, 5.74) is 10.8. The second-order valence-corrected chi connectivity index (χ2v) is 7.57. The molecule has 1 aliphatic carbocycles. The molecule has 0 unspecified atom stereocenters. The maximum atomic E-state index is 12.8. The number of aromatic nitrogens is 2. The Morgan fingerprint density at radius 3 is 2.88 bits per heavy atom. The van der Waals surface area contributed by atoms with Crippen molar-refractivity contribution in [1.29, 1.82) is 0 Å². The van der Waals surface area contributed by atoms with Crippen LogP contribution in [0.25, 0.3) is 0 Å². The number of piperidine rings is 1. The lowest BCUT2D eigenvalue weighted by molar-refractivity contribution is -0.132. The maximum absolute atomic E-state index is 12.8. The molecule has 2 N–H and O–H groups in total. The van der Waals surface area contributed by atoms with Crippen molar-refractivity contribution >= 4 is 11.7 Å². The van der Waals surface area contributed by atoms with Gasteiger partial charge in [0.1, 0.15) is 5.82 Å². The number of hydrogen-bond acceptors (Lipinski definition) is 4. The molecule has 0 saturated carbocycles. The van der Waals surface area contributed by atoms with Crippen molar-refractivity contribution in [3.05, 3.63) is 53.0 Å². The zero-order valence-electron chi connectivity index (χ0n) is 15.2. The molecular weight excluding hydrogens is 324 g/mol. The number of fused-ring (bicyclic) bond motifs is 1. The molecule has 0 radical (unpaired) electrons. The molecule has 4 rings (SSSR count). The van der Waals surface area contributed by atoms with Crippen LogP contribution in [0.15, 0.2) is 30.6 Å². The third-order valence-electron chi connectivity index (χ3n) is 5.68. The summed E-state index contributed by atoms with van der Waals surface area (Å²) in [6, 6.07) is 6.58. The molecule has 2 heterocycles. The van der Waals surface area contributed by atoms with Gasteiger partial charge in [0.15, 0.2) is 0 Å². The molecule has 1 saturated heterocycles. The van der Waals surface area contributed by atoms with E-state index in [0.29, 0.717) is 18.2 Å². The number of anilines is 1. The van der Waals surface area contributed by atoms with Gasteiger partial charge in [0, 0.05) is 25.5 Å². The van der Waals surface area contributed by atoms with Crippen molar-refractivity contribution in [1.82, 2.24) is 14.9 Å². The van der Waals surface area contributed by atoms with Crippen LogP contribution in [0.2, 0.25) is 0 Å². The Labute approximate surface area is 154 Å². The van der Waals surface area contributed by atoms with Gasteiger partial charge in [0.05, 0.1) is 12.1 Å². The first-order valence-corrected chi connectivity index (χ1v) is 9.63. The first-order chi connectivity index (χ1) is 12.7. The molecule has 1 fully saturated rings. The van der Waals surface area contributed by atoms with Crippen molar-refractivity contribution in [2.75, 3.05) is 18.8 Å². The molecule has 1 atom stereocenters. The summed E-state index contributed by atoms with van der Waals surface area (Å²) in [5.74, 6) is 1.15. The lowest BCUT2D eigenvalue weighted by Gasteiger charge is -2.33. The number of nitrogen functional groups attached to an aromatic ring is 1. The average Bonchev–Trinajstić information content (AvgIpc) is 3.12. The van der Waals surface area contributed by atoms with Gasteiger partial charge in [0.2, 0.25) is 5.91 Å². The minimum absolute atomic E-state index is 0.236. The van der Waals surface area contributed by atoms with Crippen LogP contribution < -0.4 is 5.73 Å². The Hall–Kier alpha value is -2.43. The summed E-state index contributed by atoms with van der Waals surface area (Å²) >= 11 is 0. The van der Waals surface area contributed by atoms with E-state index in [2.05, 4.69) is 28.2 Å². The number of amides is 1. The van der Waals surface area contributed by atoms with Crippen LogP contribution in [-0.4, -0.2) is 33.9 Å². The summed E-state index contributed by atoms with van der Waals surface area (Å²) in [6.07, 6.45) is 10.3. The second kappa shape index (κ2) is 7.44. The van der Waals surface area contributed by atoms with Crippen molar-refractivity contribution in [2.24, 2.45) is 5.92 Å². The van der Waals surface area contributed by atoms with E-state index in [0.717, 1.165) is 50.0 Å². The minimum atomic E-state index is 0.236. The zero-order chi connectivity index (χ0) is 17.9. The molecule has 2 aliphatic rings. The second-order valence-electron chi connectivity index (χ2n) is 7.57. The van der Waals surface area contributed by atoms with Gasteiger partial charge < -0.3 is 10.6 Å². The Bertz CT molecular complexity index is 804. The van der Waals surface area contributed by atoms with Gasteiger partial charge in [-0.15, -0.1) is 0 Å².